The molecule has 3 atom stereocenters. The van der Waals surface area contributed by atoms with E-state index in [9.17, 15) is 9.90 Å². The topological polar surface area (TPSA) is 80.3 Å². The molecular weight excluding hydrogens is 587 g/mol. The predicted molar refractivity (Wildman–Crippen MR) is 160 cm³/mol. The number of aliphatic hydroxyl groups is 1. The summed E-state index contributed by atoms with van der Waals surface area (Å²) in [5.74, 6) is -0.667. The molecule has 0 aliphatic carbocycles. The Morgan fingerprint density at radius 3 is 2.29 bits per heavy atom. The number of ether oxygens (including phenoxy) is 3. The molecular formula is C31H33Cl3N2O5. The average Bonchev–Trinajstić information content (AvgIpc) is 3.00. The van der Waals surface area contributed by atoms with Crippen molar-refractivity contribution in [1.82, 2.24) is 10.2 Å². The van der Waals surface area contributed by atoms with E-state index in [-0.39, 0.29) is 25.4 Å². The molecule has 7 nitrogen and oxygen atoms in total. The van der Waals surface area contributed by atoms with Gasteiger partial charge in [-0.2, -0.15) is 0 Å². The molecule has 2 aliphatic heterocycles. The second kappa shape index (κ2) is 13.8. The van der Waals surface area contributed by atoms with Crippen molar-refractivity contribution in [3.05, 3.63) is 95.1 Å². The van der Waals surface area contributed by atoms with Gasteiger partial charge in [0.1, 0.15) is 0 Å². The molecule has 3 aromatic rings. The molecule has 0 aromatic heterocycles. The van der Waals surface area contributed by atoms with E-state index in [4.69, 9.17) is 49.0 Å². The molecule has 2 N–H and O–H groups in total. The SMILES string of the molecule is O=C(NCc1cccc(-c2ccc([C@H]3O[C@@H](CN4CCOCC4)C[C@@H](c4ccc(CO)cc4)O3)cc2)c1)C(Cl)(Cl)Cl. The van der Waals surface area contributed by atoms with Gasteiger partial charge in [0.25, 0.3) is 9.70 Å². The third-order valence-electron chi connectivity index (χ3n) is 7.33. The summed E-state index contributed by atoms with van der Waals surface area (Å²) >= 11 is 17.0. The third kappa shape index (κ3) is 8.21. The largest absolute Gasteiger partial charge is 0.392 e. The molecule has 10 heteroatoms. The maximum atomic E-state index is 11.9. The molecule has 218 valence electrons. The Hall–Kier alpha value is -2.20. The molecule has 2 saturated heterocycles. The zero-order valence-electron chi connectivity index (χ0n) is 22.5. The van der Waals surface area contributed by atoms with Crippen molar-refractivity contribution in [2.24, 2.45) is 0 Å². The van der Waals surface area contributed by atoms with Gasteiger partial charge >= 0.3 is 0 Å². The molecule has 0 unspecified atom stereocenters. The van der Waals surface area contributed by atoms with Crippen LogP contribution in [0.1, 0.15) is 41.1 Å². The highest BCUT2D eigenvalue weighted by Crippen LogP contribution is 2.38. The molecule has 0 bridgehead atoms. The van der Waals surface area contributed by atoms with E-state index in [1.165, 1.54) is 0 Å². The molecule has 2 heterocycles. The first-order valence-electron chi connectivity index (χ1n) is 13.6. The Kier molecular flexibility index (Phi) is 10.2. The van der Waals surface area contributed by atoms with Crippen LogP contribution in [0.3, 0.4) is 0 Å². The highest BCUT2D eigenvalue weighted by molar-refractivity contribution is 6.76. The molecule has 2 aliphatic rings. The lowest BCUT2D eigenvalue weighted by atomic mass is 9.99. The molecule has 5 rings (SSSR count). The molecule has 2 fully saturated rings. The predicted octanol–water partition coefficient (Wildman–Crippen LogP) is 5.71. The first-order valence-corrected chi connectivity index (χ1v) is 14.8. The fourth-order valence-corrected chi connectivity index (χ4v) is 5.28. The minimum atomic E-state index is -2.00. The number of benzene rings is 3. The van der Waals surface area contributed by atoms with Crippen LogP contribution >= 0.6 is 34.8 Å². The van der Waals surface area contributed by atoms with Gasteiger partial charge in [0.05, 0.1) is 32.0 Å². The lowest BCUT2D eigenvalue weighted by molar-refractivity contribution is -0.253. The second-order valence-electron chi connectivity index (χ2n) is 10.3. The summed E-state index contributed by atoms with van der Waals surface area (Å²) in [6.45, 7) is 4.32. The third-order valence-corrected chi connectivity index (χ3v) is 7.85. The monoisotopic (exact) mass is 618 g/mol. The number of carbonyl (C=O) groups excluding carboxylic acids is 1. The number of nitrogens with one attached hydrogen (secondary N) is 1. The van der Waals surface area contributed by atoms with E-state index >= 15 is 0 Å². The van der Waals surface area contributed by atoms with Crippen LogP contribution in [0.25, 0.3) is 11.1 Å². The number of morpholine rings is 1. The molecule has 0 radical (unpaired) electrons. The molecule has 41 heavy (non-hydrogen) atoms. The number of hydrogen-bond acceptors (Lipinski definition) is 6. The van der Waals surface area contributed by atoms with E-state index in [1.54, 1.807) is 0 Å². The lowest BCUT2D eigenvalue weighted by Gasteiger charge is -2.39. The van der Waals surface area contributed by atoms with Gasteiger partial charge in [-0.05, 0) is 33.9 Å². The average molecular weight is 620 g/mol. The van der Waals surface area contributed by atoms with E-state index in [2.05, 4.69) is 10.2 Å². The standard InChI is InChI=1S/C31H33Cl3N2O5/c32-31(33,34)30(38)35-18-22-2-1-3-26(16-22)23-8-10-25(11-9-23)29-40-27(19-36-12-14-39-15-13-36)17-28(41-29)24-6-4-21(20-37)5-7-24/h1-11,16,27-29,37H,12-15,17-20H2,(H,35,38)/t27-,28+,29+/m1/s1. The van der Waals surface area contributed by atoms with Crippen LogP contribution < -0.4 is 5.32 Å². The number of rotatable bonds is 8. The van der Waals surface area contributed by atoms with Crippen molar-refractivity contribution >= 4 is 40.7 Å². The highest BCUT2D eigenvalue weighted by Gasteiger charge is 2.33. The molecule has 0 spiro atoms. The van der Waals surface area contributed by atoms with Crippen molar-refractivity contribution in [3.8, 4) is 11.1 Å². The summed E-state index contributed by atoms with van der Waals surface area (Å²) in [5.41, 5.74) is 5.76. The Labute approximate surface area is 255 Å². The number of hydrogen-bond donors (Lipinski definition) is 2. The summed E-state index contributed by atoms with van der Waals surface area (Å²) in [6.07, 6.45) is 0.0849. The van der Waals surface area contributed by atoms with Crippen LogP contribution in [-0.4, -0.2) is 58.7 Å². The van der Waals surface area contributed by atoms with Crippen LogP contribution in [0, 0.1) is 0 Å². The van der Waals surface area contributed by atoms with Crippen LogP contribution in [0.2, 0.25) is 0 Å². The Morgan fingerprint density at radius 2 is 1.61 bits per heavy atom. The van der Waals surface area contributed by atoms with Crippen LogP contribution in [0.5, 0.6) is 0 Å². The smallest absolute Gasteiger partial charge is 0.272 e. The van der Waals surface area contributed by atoms with Crippen molar-refractivity contribution < 1.29 is 24.1 Å². The Balaban J connectivity index is 1.30. The van der Waals surface area contributed by atoms with Crippen molar-refractivity contribution in [3.63, 3.8) is 0 Å². The number of nitrogens with zero attached hydrogens (tertiary/aromatic N) is 1. The fourth-order valence-electron chi connectivity index (χ4n) is 5.08. The van der Waals surface area contributed by atoms with Crippen molar-refractivity contribution in [1.29, 1.82) is 0 Å². The number of aliphatic hydroxyl groups excluding tert-OH is 1. The first-order chi connectivity index (χ1) is 19.8. The maximum absolute atomic E-state index is 11.9. The van der Waals surface area contributed by atoms with Gasteiger partial charge < -0.3 is 24.6 Å². The molecule has 3 aromatic carbocycles. The Bertz CT molecular complexity index is 1290. The van der Waals surface area contributed by atoms with Gasteiger partial charge in [0.15, 0.2) is 6.29 Å². The van der Waals surface area contributed by atoms with Crippen molar-refractivity contribution in [2.45, 2.75) is 41.9 Å². The van der Waals surface area contributed by atoms with E-state index < -0.39 is 16.0 Å². The molecule has 1 amide bonds. The van der Waals surface area contributed by atoms with Gasteiger partial charge in [0.2, 0.25) is 0 Å². The van der Waals surface area contributed by atoms with Gasteiger partial charge in [-0.15, -0.1) is 0 Å². The highest BCUT2D eigenvalue weighted by atomic mass is 35.6. The fraction of sp³-hybridized carbons (Fsp3) is 0.387. The van der Waals surface area contributed by atoms with E-state index in [0.29, 0.717) is 0 Å². The summed E-state index contributed by atoms with van der Waals surface area (Å²) in [6, 6.07) is 23.9. The number of carbonyl (C=O) groups is 1. The summed E-state index contributed by atoms with van der Waals surface area (Å²) in [4.78, 5) is 14.3. The first kappa shape index (κ1) is 30.3. The van der Waals surface area contributed by atoms with Crippen LogP contribution in [0.15, 0.2) is 72.8 Å². The normalized spacial score (nSPS) is 21.9. The summed E-state index contributed by atoms with van der Waals surface area (Å²) in [5, 5.41) is 12.1. The number of halogens is 3. The van der Waals surface area contributed by atoms with Gasteiger partial charge in [-0.1, -0.05) is 102 Å². The second-order valence-corrected chi connectivity index (χ2v) is 12.5. The van der Waals surface area contributed by atoms with Gasteiger partial charge in [-0.3, -0.25) is 9.69 Å². The summed E-state index contributed by atoms with van der Waals surface area (Å²) in [7, 11) is 0. The Morgan fingerprint density at radius 1 is 0.902 bits per heavy atom. The number of alkyl halides is 3. The minimum Gasteiger partial charge on any atom is -0.392 e. The van der Waals surface area contributed by atoms with Crippen LogP contribution in [-0.2, 0) is 32.2 Å². The van der Waals surface area contributed by atoms with Gasteiger partial charge in [0, 0.05) is 38.2 Å². The van der Waals surface area contributed by atoms with E-state index in [1.807, 2.05) is 72.8 Å². The summed E-state index contributed by atoms with van der Waals surface area (Å²) < 4.78 is 16.5. The van der Waals surface area contributed by atoms with Gasteiger partial charge in [-0.25, -0.2) is 0 Å². The number of amides is 1. The van der Waals surface area contributed by atoms with Crippen molar-refractivity contribution in [2.75, 3.05) is 32.8 Å². The zero-order chi connectivity index (χ0) is 28.8. The molecule has 0 saturated carbocycles. The van der Waals surface area contributed by atoms with E-state index in [0.717, 1.165) is 72.6 Å². The quantitative estimate of drug-likeness (QED) is 0.315. The maximum Gasteiger partial charge on any atom is 0.272 e. The zero-order valence-corrected chi connectivity index (χ0v) is 24.7. The van der Waals surface area contributed by atoms with Crippen LogP contribution in [0.4, 0.5) is 0 Å². The minimum absolute atomic E-state index is 0.00589. The lowest BCUT2D eigenvalue weighted by Crippen LogP contribution is -2.44.